The van der Waals surface area contributed by atoms with Gasteiger partial charge in [-0.1, -0.05) is 39.5 Å². The molecule has 0 aromatic carbocycles. The molecule has 71 valence electrons. The van der Waals surface area contributed by atoms with Gasteiger partial charge in [-0.15, -0.1) is 0 Å². The van der Waals surface area contributed by atoms with E-state index < -0.39 is 0 Å². The number of hydrogen-bond donors (Lipinski definition) is 0. The molecule has 1 heteroatoms. The Morgan fingerprint density at radius 2 is 1.83 bits per heavy atom. The fraction of sp³-hybridized carbons (Fsp3) is 1.00. The molecule has 0 heterocycles. The largest absolute Gasteiger partial charge is 0.258 e. The van der Waals surface area contributed by atoms with E-state index in [1.165, 1.54) is 32.1 Å². The number of hydrogen-bond acceptors (Lipinski definition) is 0. The lowest BCUT2D eigenvalue weighted by Gasteiger charge is -2.22. The molecule has 0 aliphatic heterocycles. The highest BCUT2D eigenvalue weighted by Gasteiger charge is 2.24. The zero-order valence-corrected chi connectivity index (χ0v) is 8.47. The molecule has 1 rings (SSSR count). The van der Waals surface area contributed by atoms with Gasteiger partial charge in [-0.3, -0.25) is 5.73 Å². The Morgan fingerprint density at radius 3 is 2.25 bits per heavy atom. The molecule has 0 spiro atoms. The van der Waals surface area contributed by atoms with Crippen molar-refractivity contribution in [3.63, 3.8) is 0 Å². The lowest BCUT2D eigenvalue weighted by Crippen LogP contribution is -2.18. The predicted octanol–water partition coefficient (Wildman–Crippen LogP) is 3.12. The molecule has 0 bridgehead atoms. The van der Waals surface area contributed by atoms with Crippen LogP contribution in [-0.4, -0.2) is 6.54 Å². The molecule has 12 heavy (non-hydrogen) atoms. The number of nitrogens with one attached hydrogen (secondary N) is 1. The second-order valence-electron chi connectivity index (χ2n) is 4.64. The molecule has 1 fully saturated rings. The fourth-order valence-corrected chi connectivity index (χ4v) is 2.48. The van der Waals surface area contributed by atoms with E-state index >= 15 is 0 Å². The third-order valence-electron chi connectivity index (χ3n) is 3.10. The lowest BCUT2D eigenvalue weighted by molar-refractivity contribution is 0.290. The highest BCUT2D eigenvalue weighted by atomic mass is 14.6. The summed E-state index contributed by atoms with van der Waals surface area (Å²) in [4.78, 5) is 0. The molecular formula is C11H22N. The Morgan fingerprint density at radius 1 is 1.25 bits per heavy atom. The molecule has 1 aliphatic carbocycles. The maximum atomic E-state index is 7.52. The molecule has 0 aromatic heterocycles. The van der Waals surface area contributed by atoms with Gasteiger partial charge < -0.3 is 0 Å². The summed E-state index contributed by atoms with van der Waals surface area (Å²) in [5, 5.41) is 0. The summed E-state index contributed by atoms with van der Waals surface area (Å²) in [6.45, 7) is 5.21. The van der Waals surface area contributed by atoms with Crippen molar-refractivity contribution in [1.29, 1.82) is 0 Å². The summed E-state index contributed by atoms with van der Waals surface area (Å²) < 4.78 is 0. The molecule has 0 saturated heterocycles. The van der Waals surface area contributed by atoms with Crippen molar-refractivity contribution in [2.45, 2.75) is 46.0 Å². The van der Waals surface area contributed by atoms with E-state index in [2.05, 4.69) is 13.8 Å². The Hall–Kier alpha value is -0.0400. The van der Waals surface area contributed by atoms with E-state index in [0.717, 1.165) is 11.8 Å². The Kier molecular flexibility index (Phi) is 4.07. The number of rotatable bonds is 4. The van der Waals surface area contributed by atoms with Crippen molar-refractivity contribution < 1.29 is 0 Å². The molecule has 1 radical (unpaired) electrons. The van der Waals surface area contributed by atoms with Gasteiger partial charge in [-0.05, 0) is 24.2 Å². The Labute approximate surface area is 76.7 Å². The molecular weight excluding hydrogens is 146 g/mol. The average Bonchev–Trinajstić information content (AvgIpc) is 2.51. The maximum Gasteiger partial charge on any atom is 0.0131 e. The van der Waals surface area contributed by atoms with Gasteiger partial charge in [-0.25, -0.2) is 0 Å². The first-order valence-corrected chi connectivity index (χ1v) is 5.38. The summed E-state index contributed by atoms with van der Waals surface area (Å²) in [6.07, 6.45) is 6.90. The minimum Gasteiger partial charge on any atom is -0.258 e. The van der Waals surface area contributed by atoms with E-state index in [1.807, 2.05) is 0 Å². The van der Waals surface area contributed by atoms with Gasteiger partial charge >= 0.3 is 0 Å². The second kappa shape index (κ2) is 4.86. The van der Waals surface area contributed by atoms with E-state index in [9.17, 15) is 0 Å². The van der Waals surface area contributed by atoms with Crippen LogP contribution in [0.4, 0.5) is 0 Å². The summed E-state index contributed by atoms with van der Waals surface area (Å²) in [5.74, 6) is 2.37. The first kappa shape index (κ1) is 10.0. The van der Waals surface area contributed by atoms with Gasteiger partial charge in [0.05, 0.1) is 0 Å². The first-order valence-electron chi connectivity index (χ1n) is 5.38. The van der Waals surface area contributed by atoms with Crippen molar-refractivity contribution in [3.05, 3.63) is 0 Å². The van der Waals surface area contributed by atoms with E-state index in [0.29, 0.717) is 12.5 Å². The van der Waals surface area contributed by atoms with E-state index in [-0.39, 0.29) is 0 Å². The van der Waals surface area contributed by atoms with Gasteiger partial charge in [-0.2, -0.15) is 0 Å². The van der Waals surface area contributed by atoms with Crippen molar-refractivity contribution in [1.82, 2.24) is 5.73 Å². The fourth-order valence-electron chi connectivity index (χ4n) is 2.48. The minimum absolute atomic E-state index is 0.656. The van der Waals surface area contributed by atoms with E-state index in [1.54, 1.807) is 0 Å². The van der Waals surface area contributed by atoms with Crippen LogP contribution in [-0.2, 0) is 0 Å². The normalized spacial score (nSPS) is 22.0. The third-order valence-corrected chi connectivity index (χ3v) is 3.10. The van der Waals surface area contributed by atoms with Crippen LogP contribution in [0.1, 0.15) is 46.0 Å². The van der Waals surface area contributed by atoms with Crippen LogP contribution in [0, 0.1) is 17.8 Å². The third kappa shape index (κ3) is 2.78. The van der Waals surface area contributed by atoms with Crippen LogP contribution in [0.25, 0.3) is 0 Å². The van der Waals surface area contributed by atoms with Crippen molar-refractivity contribution in [3.8, 4) is 0 Å². The summed E-state index contributed by atoms with van der Waals surface area (Å²) in [5.41, 5.74) is 7.52. The van der Waals surface area contributed by atoms with Crippen molar-refractivity contribution in [2.24, 2.45) is 17.8 Å². The Balaban J connectivity index is 2.32. The molecule has 1 atom stereocenters. The van der Waals surface area contributed by atoms with Crippen LogP contribution >= 0.6 is 0 Å². The zero-order valence-electron chi connectivity index (χ0n) is 8.47. The zero-order chi connectivity index (χ0) is 8.97. The van der Waals surface area contributed by atoms with Gasteiger partial charge in [0.15, 0.2) is 0 Å². The van der Waals surface area contributed by atoms with Crippen molar-refractivity contribution >= 4 is 0 Å². The molecule has 0 amide bonds. The quantitative estimate of drug-likeness (QED) is 0.616. The minimum atomic E-state index is 0.656. The predicted molar refractivity (Wildman–Crippen MR) is 52.9 cm³/mol. The maximum absolute atomic E-state index is 7.52. The average molecular weight is 168 g/mol. The Bertz CT molecular complexity index is 114. The molecule has 1 unspecified atom stereocenters. The van der Waals surface area contributed by atoms with E-state index in [4.69, 9.17) is 5.73 Å². The highest BCUT2D eigenvalue weighted by molar-refractivity contribution is 4.76. The van der Waals surface area contributed by atoms with Crippen LogP contribution in [0.15, 0.2) is 0 Å². The summed E-state index contributed by atoms with van der Waals surface area (Å²) in [7, 11) is 0. The van der Waals surface area contributed by atoms with Gasteiger partial charge in [0, 0.05) is 6.54 Å². The SMILES string of the molecule is CC(C)CC(C[NH])C1CCCC1. The highest BCUT2D eigenvalue weighted by Crippen LogP contribution is 2.34. The van der Waals surface area contributed by atoms with Gasteiger partial charge in [0.2, 0.25) is 0 Å². The second-order valence-corrected chi connectivity index (χ2v) is 4.64. The van der Waals surface area contributed by atoms with Gasteiger partial charge in [0.25, 0.3) is 0 Å². The lowest BCUT2D eigenvalue weighted by atomic mass is 9.84. The smallest absolute Gasteiger partial charge is 0.0131 e. The summed E-state index contributed by atoms with van der Waals surface area (Å²) in [6, 6.07) is 0. The van der Waals surface area contributed by atoms with Crippen LogP contribution in [0.3, 0.4) is 0 Å². The molecule has 0 aromatic rings. The van der Waals surface area contributed by atoms with Crippen molar-refractivity contribution in [2.75, 3.05) is 6.54 Å². The monoisotopic (exact) mass is 168 g/mol. The molecule has 1 saturated carbocycles. The summed E-state index contributed by atoms with van der Waals surface area (Å²) >= 11 is 0. The topological polar surface area (TPSA) is 23.8 Å². The molecule has 1 nitrogen and oxygen atoms in total. The van der Waals surface area contributed by atoms with Crippen LogP contribution in [0.2, 0.25) is 0 Å². The molecule has 1 N–H and O–H groups in total. The van der Waals surface area contributed by atoms with Gasteiger partial charge in [0.1, 0.15) is 0 Å². The van der Waals surface area contributed by atoms with Crippen LogP contribution < -0.4 is 5.73 Å². The standard InChI is InChI=1S/C11H22N/c1-9(2)7-11(8-12)10-5-3-4-6-10/h9-12H,3-8H2,1-2H3. The molecule has 1 aliphatic rings. The van der Waals surface area contributed by atoms with Crippen LogP contribution in [0.5, 0.6) is 0 Å². The first-order chi connectivity index (χ1) is 5.74.